The largest absolute Gasteiger partial charge is 0.497 e. The molecular weight excluding hydrogens is 326 g/mol. The molecule has 0 aromatic heterocycles. The van der Waals surface area contributed by atoms with Crippen molar-refractivity contribution in [1.29, 1.82) is 5.26 Å². The van der Waals surface area contributed by atoms with Crippen molar-refractivity contribution in [3.8, 4) is 23.1 Å². The van der Waals surface area contributed by atoms with E-state index in [1.54, 1.807) is 12.0 Å². The lowest BCUT2D eigenvalue weighted by atomic mass is 9.97. The molecule has 5 heteroatoms. The first-order valence-corrected chi connectivity index (χ1v) is 8.97. The lowest BCUT2D eigenvalue weighted by molar-refractivity contribution is -0.121. The highest BCUT2D eigenvalue weighted by Gasteiger charge is 2.36. The maximum atomic E-state index is 13.0. The minimum atomic E-state index is -0.313. The molecule has 0 N–H and O–H groups in total. The van der Waals surface area contributed by atoms with Gasteiger partial charge in [0, 0.05) is 18.8 Å². The predicted molar refractivity (Wildman–Crippen MR) is 99.8 cm³/mol. The molecule has 0 saturated carbocycles. The van der Waals surface area contributed by atoms with Crippen molar-refractivity contribution in [2.75, 3.05) is 25.1 Å². The fraction of sp³-hybridized carbons (Fsp3) is 0.333. The van der Waals surface area contributed by atoms with Crippen LogP contribution >= 0.6 is 0 Å². The molecule has 0 bridgehead atoms. The maximum Gasteiger partial charge on any atom is 0.250 e. The van der Waals surface area contributed by atoms with E-state index in [4.69, 9.17) is 4.74 Å². The Morgan fingerprint density at radius 1 is 1.23 bits per heavy atom. The number of likely N-dealkylation sites (tertiary alicyclic amines) is 1. The Kier molecular flexibility index (Phi) is 4.26. The number of amides is 1. The molecule has 5 nitrogen and oxygen atoms in total. The van der Waals surface area contributed by atoms with Crippen molar-refractivity contribution in [2.45, 2.75) is 25.3 Å². The number of carbonyl (C=O) groups is 1. The molecule has 0 aliphatic carbocycles. The van der Waals surface area contributed by atoms with Gasteiger partial charge in [-0.15, -0.1) is 0 Å². The van der Waals surface area contributed by atoms with Gasteiger partial charge >= 0.3 is 0 Å². The highest BCUT2D eigenvalue weighted by atomic mass is 16.5. The Labute approximate surface area is 153 Å². The number of nitrogens with zero attached hydrogens (tertiary/aromatic N) is 3. The second kappa shape index (κ2) is 6.72. The number of carbonyl (C=O) groups excluding carboxylic acids is 1. The molecule has 2 aromatic carbocycles. The Bertz CT molecular complexity index is 887. The van der Waals surface area contributed by atoms with Gasteiger partial charge in [0.25, 0.3) is 0 Å². The summed E-state index contributed by atoms with van der Waals surface area (Å²) in [6.45, 7) is 1.35. The van der Waals surface area contributed by atoms with Crippen LogP contribution in [0.3, 0.4) is 0 Å². The first-order valence-electron chi connectivity index (χ1n) is 8.97. The average molecular weight is 347 g/mol. The molecular formula is C21H21N3O2. The summed E-state index contributed by atoms with van der Waals surface area (Å²) in [6, 6.07) is 13.8. The van der Waals surface area contributed by atoms with Crippen LogP contribution < -0.4 is 9.64 Å². The van der Waals surface area contributed by atoms with Gasteiger partial charge in [-0.3, -0.25) is 9.69 Å². The van der Waals surface area contributed by atoms with Crippen LogP contribution in [-0.2, 0) is 11.2 Å². The van der Waals surface area contributed by atoms with Crippen LogP contribution in [0.2, 0.25) is 0 Å². The molecule has 0 radical (unpaired) electrons. The zero-order chi connectivity index (χ0) is 18.1. The van der Waals surface area contributed by atoms with Gasteiger partial charge < -0.3 is 9.64 Å². The Morgan fingerprint density at radius 3 is 2.88 bits per heavy atom. The quantitative estimate of drug-likeness (QED) is 0.800. The van der Waals surface area contributed by atoms with E-state index in [1.165, 1.54) is 5.56 Å². The van der Waals surface area contributed by atoms with Crippen LogP contribution in [-0.4, -0.2) is 37.0 Å². The highest BCUT2D eigenvalue weighted by Crippen LogP contribution is 2.38. The Morgan fingerprint density at radius 2 is 2.08 bits per heavy atom. The van der Waals surface area contributed by atoms with Crippen LogP contribution in [0.4, 0.5) is 5.69 Å². The molecule has 1 saturated heterocycles. The van der Waals surface area contributed by atoms with E-state index in [1.807, 2.05) is 35.2 Å². The molecule has 0 spiro atoms. The van der Waals surface area contributed by atoms with E-state index >= 15 is 0 Å². The van der Waals surface area contributed by atoms with Gasteiger partial charge in [0.1, 0.15) is 11.8 Å². The molecule has 1 atom stereocenters. The zero-order valence-corrected chi connectivity index (χ0v) is 14.8. The standard InChI is InChI=1S/C21H21N3O2/c1-26-16-6-2-5-15(13-16)17-7-3-8-19-18(17)10-12-24(19)21(25)20-9-4-11-23(20)14-22/h2-3,5-8,13,20H,4,9-12H2,1H3/t20-/m0/s1. The molecule has 1 amide bonds. The number of ether oxygens (including phenoxy) is 1. The second-order valence-corrected chi connectivity index (χ2v) is 6.73. The number of hydrogen-bond acceptors (Lipinski definition) is 4. The molecule has 2 aliphatic heterocycles. The number of hydrogen-bond donors (Lipinski definition) is 0. The van der Waals surface area contributed by atoms with Gasteiger partial charge in [-0.2, -0.15) is 5.26 Å². The summed E-state index contributed by atoms with van der Waals surface area (Å²) in [7, 11) is 1.66. The normalized spacial score (nSPS) is 18.5. The van der Waals surface area contributed by atoms with E-state index in [0.29, 0.717) is 13.1 Å². The van der Waals surface area contributed by atoms with Crippen LogP contribution in [0.25, 0.3) is 11.1 Å². The lowest BCUT2D eigenvalue weighted by Gasteiger charge is -2.25. The van der Waals surface area contributed by atoms with Gasteiger partial charge in [-0.05, 0) is 54.2 Å². The summed E-state index contributed by atoms with van der Waals surface area (Å²) >= 11 is 0. The number of fused-ring (bicyclic) bond motifs is 1. The first kappa shape index (κ1) is 16.5. The lowest BCUT2D eigenvalue weighted by Crippen LogP contribution is -2.43. The average Bonchev–Trinajstić information content (AvgIpc) is 3.34. The van der Waals surface area contributed by atoms with Crippen LogP contribution in [0.5, 0.6) is 5.75 Å². The number of anilines is 1. The fourth-order valence-corrected chi connectivity index (χ4v) is 4.05. The summed E-state index contributed by atoms with van der Waals surface area (Å²) in [6.07, 6.45) is 4.65. The van der Waals surface area contributed by atoms with Gasteiger partial charge in [0.15, 0.2) is 6.19 Å². The summed E-state index contributed by atoms with van der Waals surface area (Å²) in [5.41, 5.74) is 4.39. The Balaban J connectivity index is 1.68. The van der Waals surface area contributed by atoms with Crippen molar-refractivity contribution in [3.05, 3.63) is 48.0 Å². The third kappa shape index (κ3) is 2.68. The number of nitriles is 1. The highest BCUT2D eigenvalue weighted by molar-refractivity contribution is 6.00. The molecule has 2 heterocycles. The molecule has 2 aromatic rings. The maximum absolute atomic E-state index is 13.0. The van der Waals surface area contributed by atoms with Crippen molar-refractivity contribution in [1.82, 2.24) is 4.90 Å². The second-order valence-electron chi connectivity index (χ2n) is 6.73. The fourth-order valence-electron chi connectivity index (χ4n) is 4.05. The van der Waals surface area contributed by atoms with Gasteiger partial charge in [-0.1, -0.05) is 24.3 Å². The van der Waals surface area contributed by atoms with Gasteiger partial charge in [0.2, 0.25) is 5.91 Å². The van der Waals surface area contributed by atoms with E-state index < -0.39 is 0 Å². The summed E-state index contributed by atoms with van der Waals surface area (Å²) in [5, 5.41) is 9.26. The van der Waals surface area contributed by atoms with E-state index in [9.17, 15) is 10.1 Å². The van der Waals surface area contributed by atoms with Crippen molar-refractivity contribution >= 4 is 11.6 Å². The van der Waals surface area contributed by atoms with Crippen LogP contribution in [0.15, 0.2) is 42.5 Å². The van der Waals surface area contributed by atoms with E-state index in [2.05, 4.69) is 18.3 Å². The van der Waals surface area contributed by atoms with Gasteiger partial charge in [-0.25, -0.2) is 0 Å². The molecule has 26 heavy (non-hydrogen) atoms. The molecule has 4 rings (SSSR count). The molecule has 0 unspecified atom stereocenters. The number of methoxy groups -OCH3 is 1. The first-order chi connectivity index (χ1) is 12.7. The molecule has 132 valence electrons. The van der Waals surface area contributed by atoms with Crippen LogP contribution in [0, 0.1) is 11.5 Å². The predicted octanol–water partition coefficient (Wildman–Crippen LogP) is 3.20. The minimum absolute atomic E-state index is 0.0468. The van der Waals surface area contributed by atoms with E-state index in [-0.39, 0.29) is 11.9 Å². The minimum Gasteiger partial charge on any atom is -0.497 e. The topological polar surface area (TPSA) is 56.6 Å². The number of rotatable bonds is 3. The van der Waals surface area contributed by atoms with Crippen LogP contribution in [0.1, 0.15) is 18.4 Å². The summed E-state index contributed by atoms with van der Waals surface area (Å²) in [5.74, 6) is 0.868. The van der Waals surface area contributed by atoms with Crippen molar-refractivity contribution in [2.24, 2.45) is 0 Å². The van der Waals surface area contributed by atoms with Gasteiger partial charge in [0.05, 0.1) is 7.11 Å². The smallest absolute Gasteiger partial charge is 0.250 e. The summed E-state index contributed by atoms with van der Waals surface area (Å²) in [4.78, 5) is 16.5. The summed E-state index contributed by atoms with van der Waals surface area (Å²) < 4.78 is 5.35. The molecule has 2 aliphatic rings. The van der Waals surface area contributed by atoms with Crippen molar-refractivity contribution in [3.63, 3.8) is 0 Å². The monoisotopic (exact) mass is 347 g/mol. The van der Waals surface area contributed by atoms with E-state index in [0.717, 1.165) is 41.8 Å². The Hall–Kier alpha value is -3.00. The third-order valence-corrected chi connectivity index (χ3v) is 5.34. The third-order valence-electron chi connectivity index (χ3n) is 5.34. The SMILES string of the molecule is COc1cccc(-c2cccc3c2CCN3C(=O)[C@@H]2CCCN2C#N)c1. The number of benzene rings is 2. The molecule has 1 fully saturated rings. The zero-order valence-electron chi connectivity index (χ0n) is 14.8. The van der Waals surface area contributed by atoms with Crippen molar-refractivity contribution < 1.29 is 9.53 Å².